The molecule has 118 valence electrons. The van der Waals surface area contributed by atoms with Crippen molar-refractivity contribution in [3.63, 3.8) is 0 Å². The second-order valence-corrected chi connectivity index (χ2v) is 5.02. The van der Waals surface area contributed by atoms with Gasteiger partial charge in [0, 0.05) is 19.6 Å². The van der Waals surface area contributed by atoms with Gasteiger partial charge in [-0.2, -0.15) is 0 Å². The first-order valence-electron chi connectivity index (χ1n) is 6.63. The molecule has 0 bridgehead atoms. The molecule has 2 N–H and O–H groups in total. The number of benzene rings is 1. The van der Waals surface area contributed by atoms with Gasteiger partial charge in [0.1, 0.15) is 0 Å². The number of halogens is 2. The van der Waals surface area contributed by atoms with Crippen molar-refractivity contribution < 1.29 is 14.3 Å². The number of ether oxygens (including phenoxy) is 2. The van der Waals surface area contributed by atoms with E-state index in [0.717, 1.165) is 18.7 Å². The lowest BCUT2D eigenvalue weighted by Crippen LogP contribution is -2.50. The summed E-state index contributed by atoms with van der Waals surface area (Å²) >= 11 is 6.18. The maximum Gasteiger partial charge on any atom is 0.225 e. The summed E-state index contributed by atoms with van der Waals surface area (Å²) in [7, 11) is 1.57. The minimum atomic E-state index is 0. The Hall–Kier alpha value is -1.17. The van der Waals surface area contributed by atoms with E-state index >= 15 is 0 Å². The van der Waals surface area contributed by atoms with Gasteiger partial charge in [0.2, 0.25) is 5.91 Å². The van der Waals surface area contributed by atoms with E-state index in [9.17, 15) is 4.79 Å². The molecule has 1 aromatic carbocycles. The van der Waals surface area contributed by atoms with Crippen LogP contribution >= 0.6 is 24.0 Å². The van der Waals surface area contributed by atoms with E-state index in [2.05, 4.69) is 10.6 Å². The summed E-state index contributed by atoms with van der Waals surface area (Å²) < 4.78 is 10.7. The van der Waals surface area contributed by atoms with Gasteiger partial charge in [-0.05, 0) is 24.6 Å². The molecular weight excluding hydrogens is 315 g/mol. The maximum atomic E-state index is 11.8. The number of hydrogen-bond donors (Lipinski definition) is 2. The molecule has 7 heteroatoms. The number of carbonyl (C=O) groups is 1. The fourth-order valence-electron chi connectivity index (χ4n) is 1.97. The number of carbonyl (C=O) groups excluding carboxylic acids is 1. The lowest BCUT2D eigenvalue weighted by Gasteiger charge is -2.25. The standard InChI is InChI=1S/C14H19ClN2O3.ClH/c1-3-20-13-11(15)4-9(5-12(13)19-2)6-17-14(18)10-7-16-8-10;/h4-5,10,16H,3,6-8H2,1-2H3,(H,17,18);1H. The highest BCUT2D eigenvalue weighted by Crippen LogP contribution is 2.36. The normalized spacial score (nSPS) is 13.9. The molecular formula is C14H20Cl2N2O3. The van der Waals surface area contributed by atoms with Gasteiger partial charge in [0.25, 0.3) is 0 Å². The molecule has 2 rings (SSSR count). The first kappa shape index (κ1) is 17.9. The van der Waals surface area contributed by atoms with Crippen molar-refractivity contribution in [3.8, 4) is 11.5 Å². The van der Waals surface area contributed by atoms with Gasteiger partial charge < -0.3 is 20.1 Å². The second kappa shape index (κ2) is 8.32. The van der Waals surface area contributed by atoms with Crippen molar-refractivity contribution in [2.24, 2.45) is 5.92 Å². The number of rotatable bonds is 6. The Morgan fingerprint density at radius 2 is 2.19 bits per heavy atom. The Kier molecular flexibility index (Phi) is 7.08. The zero-order valence-corrected chi connectivity index (χ0v) is 13.6. The van der Waals surface area contributed by atoms with Crippen LogP contribution in [0, 0.1) is 5.92 Å². The zero-order chi connectivity index (χ0) is 14.5. The quantitative estimate of drug-likeness (QED) is 0.835. The van der Waals surface area contributed by atoms with Crippen molar-refractivity contribution in [1.82, 2.24) is 10.6 Å². The third-order valence-electron chi connectivity index (χ3n) is 3.20. The molecule has 0 radical (unpaired) electrons. The predicted molar refractivity (Wildman–Crippen MR) is 84.6 cm³/mol. The van der Waals surface area contributed by atoms with Gasteiger partial charge in [-0.3, -0.25) is 4.79 Å². The molecule has 0 unspecified atom stereocenters. The Balaban J connectivity index is 0.00000220. The van der Waals surface area contributed by atoms with Crippen molar-refractivity contribution in [1.29, 1.82) is 0 Å². The number of hydrogen-bond acceptors (Lipinski definition) is 4. The van der Waals surface area contributed by atoms with E-state index in [1.54, 1.807) is 13.2 Å². The molecule has 1 aliphatic heterocycles. The van der Waals surface area contributed by atoms with Crippen LogP contribution in [0.15, 0.2) is 12.1 Å². The summed E-state index contributed by atoms with van der Waals surface area (Å²) in [5, 5.41) is 6.45. The lowest BCUT2D eigenvalue weighted by atomic mass is 10.0. The fraction of sp³-hybridized carbons (Fsp3) is 0.500. The predicted octanol–water partition coefficient (Wildman–Crippen LogP) is 2.00. The smallest absolute Gasteiger partial charge is 0.225 e. The summed E-state index contributed by atoms with van der Waals surface area (Å²) in [5.74, 6) is 1.26. The summed E-state index contributed by atoms with van der Waals surface area (Å²) in [4.78, 5) is 11.8. The number of nitrogens with one attached hydrogen (secondary N) is 2. The molecule has 1 heterocycles. The van der Waals surface area contributed by atoms with Crippen LogP contribution in [-0.4, -0.2) is 32.7 Å². The van der Waals surface area contributed by atoms with E-state index in [-0.39, 0.29) is 24.2 Å². The minimum absolute atomic E-state index is 0. The molecule has 0 saturated carbocycles. The van der Waals surface area contributed by atoms with Gasteiger partial charge in [0.05, 0.1) is 24.7 Å². The van der Waals surface area contributed by atoms with Gasteiger partial charge >= 0.3 is 0 Å². The van der Waals surface area contributed by atoms with E-state index in [1.807, 2.05) is 13.0 Å². The molecule has 5 nitrogen and oxygen atoms in total. The van der Waals surface area contributed by atoms with Crippen molar-refractivity contribution in [3.05, 3.63) is 22.7 Å². The van der Waals surface area contributed by atoms with Gasteiger partial charge in [0.15, 0.2) is 11.5 Å². The van der Waals surface area contributed by atoms with Crippen molar-refractivity contribution in [2.45, 2.75) is 13.5 Å². The maximum absolute atomic E-state index is 11.8. The lowest BCUT2D eigenvalue weighted by molar-refractivity contribution is -0.126. The number of amides is 1. The molecule has 0 spiro atoms. The summed E-state index contributed by atoms with van der Waals surface area (Å²) in [5.41, 5.74) is 0.885. The van der Waals surface area contributed by atoms with Gasteiger partial charge in [-0.25, -0.2) is 0 Å². The zero-order valence-electron chi connectivity index (χ0n) is 12.1. The van der Waals surface area contributed by atoms with E-state index in [4.69, 9.17) is 21.1 Å². The highest BCUT2D eigenvalue weighted by atomic mass is 35.5. The van der Waals surface area contributed by atoms with Crippen LogP contribution in [0.25, 0.3) is 0 Å². The average Bonchev–Trinajstić information content (AvgIpc) is 2.37. The van der Waals surface area contributed by atoms with Crippen molar-refractivity contribution in [2.75, 3.05) is 26.8 Å². The van der Waals surface area contributed by atoms with Crippen molar-refractivity contribution >= 4 is 29.9 Å². The first-order chi connectivity index (χ1) is 9.65. The Bertz CT molecular complexity index is 493. The molecule has 1 aliphatic rings. The molecule has 0 aromatic heterocycles. The number of methoxy groups -OCH3 is 1. The molecule has 21 heavy (non-hydrogen) atoms. The van der Waals surface area contributed by atoms with E-state index < -0.39 is 0 Å². The Morgan fingerprint density at radius 3 is 2.71 bits per heavy atom. The van der Waals surface area contributed by atoms with Crippen LogP contribution in [0.1, 0.15) is 12.5 Å². The van der Waals surface area contributed by atoms with Gasteiger partial charge in [-0.15, -0.1) is 12.4 Å². The Labute approximate surface area is 135 Å². The molecule has 1 amide bonds. The van der Waals surface area contributed by atoms with Crippen LogP contribution in [0.4, 0.5) is 0 Å². The Morgan fingerprint density at radius 1 is 1.48 bits per heavy atom. The third kappa shape index (κ3) is 4.40. The van der Waals surface area contributed by atoms with E-state index in [0.29, 0.717) is 29.7 Å². The second-order valence-electron chi connectivity index (χ2n) is 4.62. The van der Waals surface area contributed by atoms with E-state index in [1.165, 1.54) is 0 Å². The largest absolute Gasteiger partial charge is 0.493 e. The average molecular weight is 335 g/mol. The van der Waals surface area contributed by atoms with Crippen LogP contribution in [0.2, 0.25) is 5.02 Å². The minimum Gasteiger partial charge on any atom is -0.493 e. The highest BCUT2D eigenvalue weighted by molar-refractivity contribution is 6.32. The molecule has 0 aliphatic carbocycles. The summed E-state index contributed by atoms with van der Waals surface area (Å²) in [6.45, 7) is 4.33. The molecule has 1 fully saturated rings. The highest BCUT2D eigenvalue weighted by Gasteiger charge is 2.24. The SMILES string of the molecule is CCOc1c(Cl)cc(CNC(=O)C2CNC2)cc1OC.Cl. The monoisotopic (exact) mass is 334 g/mol. The fourth-order valence-corrected chi connectivity index (χ4v) is 2.26. The molecule has 1 saturated heterocycles. The molecule has 1 aromatic rings. The molecule has 0 atom stereocenters. The van der Waals surface area contributed by atoms with Crippen LogP contribution < -0.4 is 20.1 Å². The third-order valence-corrected chi connectivity index (χ3v) is 3.48. The first-order valence-corrected chi connectivity index (χ1v) is 7.01. The van der Waals surface area contributed by atoms with Crippen LogP contribution in [-0.2, 0) is 11.3 Å². The summed E-state index contributed by atoms with van der Waals surface area (Å²) in [6.07, 6.45) is 0. The van der Waals surface area contributed by atoms with Crippen LogP contribution in [0.3, 0.4) is 0 Å². The summed E-state index contributed by atoms with van der Waals surface area (Å²) in [6, 6.07) is 3.62. The topological polar surface area (TPSA) is 59.6 Å². The van der Waals surface area contributed by atoms with Gasteiger partial charge in [-0.1, -0.05) is 11.6 Å². The van der Waals surface area contributed by atoms with Crippen LogP contribution in [0.5, 0.6) is 11.5 Å².